The summed E-state index contributed by atoms with van der Waals surface area (Å²) in [6.45, 7) is 3.80. The van der Waals surface area contributed by atoms with E-state index in [-0.39, 0.29) is 0 Å². The number of benzene rings is 1. The second-order valence-corrected chi connectivity index (χ2v) is 5.36. The van der Waals surface area contributed by atoms with Crippen LogP contribution in [0.15, 0.2) is 36.9 Å². The monoisotopic (exact) mass is 247 g/mol. The van der Waals surface area contributed by atoms with Crippen LogP contribution in [0.5, 0.6) is 0 Å². The molecule has 1 aliphatic carbocycles. The van der Waals surface area contributed by atoms with Crippen LogP contribution >= 0.6 is 11.6 Å². The summed E-state index contributed by atoms with van der Waals surface area (Å²) in [5, 5.41) is 0.833. The van der Waals surface area contributed by atoms with Crippen LogP contribution in [-0.2, 0) is 0 Å². The van der Waals surface area contributed by atoms with Crippen molar-refractivity contribution in [3.63, 3.8) is 0 Å². The number of hydrogen-bond acceptors (Lipinski definition) is 0. The summed E-state index contributed by atoms with van der Waals surface area (Å²) >= 11 is 5.93. The average Bonchev–Trinajstić information content (AvgIpc) is 2.37. The van der Waals surface area contributed by atoms with Gasteiger partial charge in [0.2, 0.25) is 0 Å². The Morgan fingerprint density at radius 2 is 2.06 bits per heavy atom. The van der Waals surface area contributed by atoms with Crippen molar-refractivity contribution in [2.45, 2.75) is 38.0 Å². The van der Waals surface area contributed by atoms with Gasteiger partial charge in [0.25, 0.3) is 0 Å². The van der Waals surface area contributed by atoms with Gasteiger partial charge in [-0.2, -0.15) is 0 Å². The maximum absolute atomic E-state index is 5.93. The minimum absolute atomic E-state index is 0.715. The molecule has 0 spiro atoms. The number of allylic oxidation sites excluding steroid dienone is 1. The fourth-order valence-electron chi connectivity index (χ4n) is 2.72. The molecule has 0 amide bonds. The van der Waals surface area contributed by atoms with Crippen molar-refractivity contribution in [1.82, 2.24) is 0 Å². The van der Waals surface area contributed by atoms with Crippen molar-refractivity contribution in [1.29, 1.82) is 0 Å². The lowest BCUT2D eigenvalue weighted by molar-refractivity contribution is 0.381. The van der Waals surface area contributed by atoms with Crippen molar-refractivity contribution in [2.75, 3.05) is 0 Å². The minimum atomic E-state index is 0.715. The van der Waals surface area contributed by atoms with E-state index in [0.29, 0.717) is 5.92 Å². The Balaban J connectivity index is 1.96. The van der Waals surface area contributed by atoms with Gasteiger partial charge in [-0.1, -0.05) is 29.8 Å². The molecule has 1 fully saturated rings. The molecule has 0 N–H and O–H groups in total. The first-order valence-electron chi connectivity index (χ1n) is 6.49. The van der Waals surface area contributed by atoms with Crippen molar-refractivity contribution in [3.05, 3.63) is 53.9 Å². The molecule has 1 radical (unpaired) electrons. The molecule has 0 aliphatic heterocycles. The van der Waals surface area contributed by atoms with E-state index < -0.39 is 0 Å². The van der Waals surface area contributed by atoms with Gasteiger partial charge in [-0.25, -0.2) is 0 Å². The van der Waals surface area contributed by atoms with Crippen LogP contribution < -0.4 is 0 Å². The quantitative estimate of drug-likeness (QED) is 0.626. The molecule has 1 aliphatic rings. The maximum Gasteiger partial charge on any atom is 0.0406 e. The molecule has 1 aromatic carbocycles. The highest BCUT2D eigenvalue weighted by Crippen LogP contribution is 2.37. The average molecular weight is 248 g/mol. The van der Waals surface area contributed by atoms with E-state index in [1.54, 1.807) is 0 Å². The number of hydrogen-bond donors (Lipinski definition) is 0. The highest BCUT2D eigenvalue weighted by Gasteiger charge is 2.22. The lowest BCUT2D eigenvalue weighted by Crippen LogP contribution is -2.14. The van der Waals surface area contributed by atoms with Crippen LogP contribution in [0.2, 0.25) is 5.02 Å². The van der Waals surface area contributed by atoms with E-state index in [9.17, 15) is 0 Å². The van der Waals surface area contributed by atoms with E-state index in [0.717, 1.165) is 17.4 Å². The van der Waals surface area contributed by atoms with Crippen LogP contribution in [0.3, 0.4) is 0 Å². The molecule has 17 heavy (non-hydrogen) atoms. The second kappa shape index (κ2) is 6.26. The zero-order chi connectivity index (χ0) is 12.1. The van der Waals surface area contributed by atoms with Gasteiger partial charge in [0.1, 0.15) is 0 Å². The number of rotatable bonds is 4. The Morgan fingerprint density at radius 3 is 2.76 bits per heavy atom. The summed E-state index contributed by atoms with van der Waals surface area (Å²) in [6, 6.07) is 8.38. The summed E-state index contributed by atoms with van der Waals surface area (Å²) in [6.07, 6.45) is 10.7. The van der Waals surface area contributed by atoms with Gasteiger partial charge in [0, 0.05) is 5.02 Å². The predicted molar refractivity (Wildman–Crippen MR) is 75.3 cm³/mol. The Hall–Kier alpha value is -0.750. The third kappa shape index (κ3) is 3.61. The topological polar surface area (TPSA) is 0 Å². The molecule has 1 aromatic rings. The van der Waals surface area contributed by atoms with Gasteiger partial charge in [-0.3, -0.25) is 0 Å². The molecular formula is C16H20Cl. The molecule has 1 heteroatoms. The highest BCUT2D eigenvalue weighted by molar-refractivity contribution is 6.30. The SMILES string of the molecule is C=CCCC1[CH]CCC(c2ccc(Cl)cc2)C1. The fourth-order valence-corrected chi connectivity index (χ4v) is 2.84. The summed E-state index contributed by atoms with van der Waals surface area (Å²) in [5.41, 5.74) is 1.45. The lowest BCUT2D eigenvalue weighted by Gasteiger charge is -2.29. The van der Waals surface area contributed by atoms with Crippen LogP contribution in [0, 0.1) is 12.3 Å². The fraction of sp³-hybridized carbons (Fsp3) is 0.438. The Bertz CT molecular complexity index is 352. The largest absolute Gasteiger partial charge is 0.103 e. The third-order valence-corrected chi connectivity index (χ3v) is 3.94. The molecule has 0 heterocycles. The number of halogens is 1. The van der Waals surface area contributed by atoms with E-state index in [1.807, 2.05) is 18.2 Å². The van der Waals surface area contributed by atoms with E-state index >= 15 is 0 Å². The summed E-state index contributed by atoms with van der Waals surface area (Å²) in [4.78, 5) is 0. The Kier molecular flexibility index (Phi) is 4.67. The normalized spacial score (nSPS) is 24.5. The first kappa shape index (κ1) is 12.7. The highest BCUT2D eigenvalue weighted by atomic mass is 35.5. The van der Waals surface area contributed by atoms with E-state index in [1.165, 1.54) is 31.2 Å². The molecule has 0 aromatic heterocycles. The van der Waals surface area contributed by atoms with Gasteiger partial charge < -0.3 is 0 Å². The van der Waals surface area contributed by atoms with E-state index in [2.05, 4.69) is 25.1 Å². The first-order chi connectivity index (χ1) is 8.29. The Labute approximate surface area is 110 Å². The molecule has 2 rings (SSSR count). The molecule has 0 nitrogen and oxygen atoms in total. The van der Waals surface area contributed by atoms with Crippen LogP contribution in [0.1, 0.15) is 43.6 Å². The second-order valence-electron chi connectivity index (χ2n) is 4.92. The van der Waals surface area contributed by atoms with Crippen LogP contribution in [-0.4, -0.2) is 0 Å². The van der Waals surface area contributed by atoms with Crippen molar-refractivity contribution >= 4 is 11.6 Å². The van der Waals surface area contributed by atoms with Gasteiger partial charge in [0.15, 0.2) is 0 Å². The van der Waals surface area contributed by atoms with Gasteiger partial charge in [0.05, 0.1) is 0 Å². The van der Waals surface area contributed by atoms with Crippen molar-refractivity contribution in [2.24, 2.45) is 5.92 Å². The molecule has 1 saturated carbocycles. The molecule has 0 bridgehead atoms. The zero-order valence-electron chi connectivity index (χ0n) is 10.2. The summed E-state index contributed by atoms with van der Waals surface area (Å²) in [7, 11) is 0. The van der Waals surface area contributed by atoms with Crippen LogP contribution in [0.4, 0.5) is 0 Å². The third-order valence-electron chi connectivity index (χ3n) is 3.69. The maximum atomic E-state index is 5.93. The van der Waals surface area contributed by atoms with Crippen molar-refractivity contribution < 1.29 is 0 Å². The lowest BCUT2D eigenvalue weighted by atomic mass is 9.76. The van der Waals surface area contributed by atoms with Crippen LogP contribution in [0.25, 0.3) is 0 Å². The smallest absolute Gasteiger partial charge is 0.0406 e. The Morgan fingerprint density at radius 1 is 1.29 bits per heavy atom. The molecule has 2 atom stereocenters. The van der Waals surface area contributed by atoms with E-state index in [4.69, 9.17) is 11.6 Å². The summed E-state index contributed by atoms with van der Waals surface area (Å²) in [5.74, 6) is 1.48. The van der Waals surface area contributed by atoms with Gasteiger partial charge >= 0.3 is 0 Å². The van der Waals surface area contributed by atoms with Crippen molar-refractivity contribution in [3.8, 4) is 0 Å². The summed E-state index contributed by atoms with van der Waals surface area (Å²) < 4.78 is 0. The zero-order valence-corrected chi connectivity index (χ0v) is 11.0. The van der Waals surface area contributed by atoms with Gasteiger partial charge in [-0.05, 0) is 68.1 Å². The molecular weight excluding hydrogens is 228 g/mol. The first-order valence-corrected chi connectivity index (χ1v) is 6.87. The molecule has 2 unspecified atom stereocenters. The minimum Gasteiger partial charge on any atom is -0.103 e. The predicted octanol–water partition coefficient (Wildman–Crippen LogP) is 5.39. The van der Waals surface area contributed by atoms with Gasteiger partial charge in [-0.15, -0.1) is 6.58 Å². The molecule has 0 saturated heterocycles. The molecule has 91 valence electrons. The standard InChI is InChI=1S/C16H20Cl/c1-2-3-5-13-6-4-7-15(12-13)14-8-10-16(17)11-9-14/h2,6,8-11,13,15H,1,3-5,7,12H2.